The van der Waals surface area contributed by atoms with Crippen LogP contribution in [0.25, 0.3) is 17.2 Å². The van der Waals surface area contributed by atoms with Crippen molar-refractivity contribution < 1.29 is 0 Å². The fourth-order valence-corrected chi connectivity index (χ4v) is 3.06. The highest BCUT2D eigenvalue weighted by Gasteiger charge is 2.18. The molecule has 0 atom stereocenters. The summed E-state index contributed by atoms with van der Waals surface area (Å²) in [5.74, 6) is 0.599. The summed E-state index contributed by atoms with van der Waals surface area (Å²) in [7, 11) is 0. The van der Waals surface area contributed by atoms with E-state index in [1.807, 2.05) is 35.0 Å². The van der Waals surface area contributed by atoms with E-state index in [1.54, 1.807) is 35.0 Å². The average Bonchev–Trinajstić information content (AvgIpc) is 2.94. The molecule has 2 aliphatic rings. The molecule has 1 aromatic heterocycles. The minimum Gasteiger partial charge on any atom is -0.327 e. The summed E-state index contributed by atoms with van der Waals surface area (Å²) in [5, 5.41) is 1.01. The SMILES string of the molecule is O=c1nc2n(Cc3ccc(Cl)nc3)cccc-2n1-c1cccc(Cl)c1. The first-order valence-electron chi connectivity index (χ1n) is 7.56. The Bertz CT molecular complexity index is 1070. The molecule has 2 aliphatic heterocycles. The molecule has 0 saturated heterocycles. The number of pyridine rings is 2. The highest BCUT2D eigenvalue weighted by Crippen LogP contribution is 2.23. The van der Waals surface area contributed by atoms with E-state index in [0.717, 1.165) is 11.3 Å². The summed E-state index contributed by atoms with van der Waals surface area (Å²) in [5.41, 5.74) is 2.03. The summed E-state index contributed by atoms with van der Waals surface area (Å²) in [4.78, 5) is 20.8. The first-order valence-corrected chi connectivity index (χ1v) is 8.32. The van der Waals surface area contributed by atoms with Crippen LogP contribution >= 0.6 is 23.2 Å². The van der Waals surface area contributed by atoms with Gasteiger partial charge in [0.1, 0.15) is 5.15 Å². The number of rotatable bonds is 3. The zero-order valence-electron chi connectivity index (χ0n) is 12.9. The van der Waals surface area contributed by atoms with Gasteiger partial charge in [0.25, 0.3) is 0 Å². The van der Waals surface area contributed by atoms with Crippen molar-refractivity contribution in [3.63, 3.8) is 0 Å². The Morgan fingerprint density at radius 2 is 1.92 bits per heavy atom. The van der Waals surface area contributed by atoms with Crippen LogP contribution in [0.2, 0.25) is 10.2 Å². The van der Waals surface area contributed by atoms with Crippen LogP contribution in [0.5, 0.6) is 0 Å². The number of aromatic nitrogens is 4. The van der Waals surface area contributed by atoms with E-state index in [-0.39, 0.29) is 5.69 Å². The van der Waals surface area contributed by atoms with Gasteiger partial charge in [-0.1, -0.05) is 35.3 Å². The quantitative estimate of drug-likeness (QED) is 0.514. The van der Waals surface area contributed by atoms with Crippen LogP contribution in [0.4, 0.5) is 0 Å². The van der Waals surface area contributed by atoms with Crippen molar-refractivity contribution in [2.75, 3.05) is 0 Å². The number of imidazole rings is 1. The van der Waals surface area contributed by atoms with Gasteiger partial charge in [-0.3, -0.25) is 4.57 Å². The lowest BCUT2D eigenvalue weighted by Gasteiger charge is -2.12. The zero-order valence-corrected chi connectivity index (χ0v) is 14.4. The molecule has 1 aromatic carbocycles. The summed E-state index contributed by atoms with van der Waals surface area (Å²) >= 11 is 11.9. The molecule has 7 heteroatoms. The topological polar surface area (TPSA) is 52.7 Å². The molecule has 25 heavy (non-hydrogen) atoms. The Morgan fingerprint density at radius 3 is 2.68 bits per heavy atom. The Kier molecular flexibility index (Phi) is 4.03. The van der Waals surface area contributed by atoms with E-state index in [4.69, 9.17) is 23.2 Å². The van der Waals surface area contributed by atoms with E-state index in [2.05, 4.69) is 9.97 Å². The van der Waals surface area contributed by atoms with Crippen LogP contribution in [0, 0.1) is 0 Å². The summed E-state index contributed by atoms with van der Waals surface area (Å²) in [6.07, 6.45) is 3.59. The molecule has 5 nitrogen and oxygen atoms in total. The van der Waals surface area contributed by atoms with E-state index < -0.39 is 0 Å². The number of benzene rings is 1. The summed E-state index contributed by atoms with van der Waals surface area (Å²) < 4.78 is 3.46. The van der Waals surface area contributed by atoms with Crippen LogP contribution in [-0.4, -0.2) is 19.1 Å². The zero-order chi connectivity index (χ0) is 17.4. The van der Waals surface area contributed by atoms with Gasteiger partial charge in [0, 0.05) is 17.4 Å². The van der Waals surface area contributed by atoms with Gasteiger partial charge in [-0.15, -0.1) is 0 Å². The van der Waals surface area contributed by atoms with Crippen LogP contribution < -0.4 is 5.69 Å². The second-order valence-corrected chi connectivity index (χ2v) is 6.37. The maximum absolute atomic E-state index is 12.5. The lowest BCUT2D eigenvalue weighted by molar-refractivity contribution is 0.779. The minimum absolute atomic E-state index is 0.341. The van der Waals surface area contributed by atoms with Gasteiger partial charge in [-0.05, 0) is 42.0 Å². The first-order chi connectivity index (χ1) is 12.1. The predicted octanol–water partition coefficient (Wildman–Crippen LogP) is 3.89. The molecular formula is C18H12Cl2N4O. The second kappa shape index (κ2) is 6.35. The third kappa shape index (κ3) is 3.04. The monoisotopic (exact) mass is 370 g/mol. The Morgan fingerprint density at radius 1 is 1.04 bits per heavy atom. The van der Waals surface area contributed by atoms with E-state index in [9.17, 15) is 4.79 Å². The molecule has 3 heterocycles. The molecule has 0 amide bonds. The molecule has 0 fully saturated rings. The third-order valence-corrected chi connectivity index (χ3v) is 4.32. The van der Waals surface area contributed by atoms with E-state index in [0.29, 0.717) is 28.2 Å². The largest absolute Gasteiger partial charge is 0.354 e. The smallest absolute Gasteiger partial charge is 0.327 e. The molecular weight excluding hydrogens is 359 g/mol. The molecule has 0 unspecified atom stereocenters. The van der Waals surface area contributed by atoms with Crippen molar-refractivity contribution in [3.05, 3.63) is 87.1 Å². The van der Waals surface area contributed by atoms with Gasteiger partial charge >= 0.3 is 5.69 Å². The normalized spacial score (nSPS) is 11.1. The van der Waals surface area contributed by atoms with Crippen LogP contribution in [0.15, 0.2) is 65.7 Å². The Balaban J connectivity index is 1.79. The molecule has 0 spiro atoms. The van der Waals surface area contributed by atoms with Crippen molar-refractivity contribution in [3.8, 4) is 17.2 Å². The number of nitrogens with zero attached hydrogens (tertiary/aromatic N) is 4. The van der Waals surface area contributed by atoms with Crippen molar-refractivity contribution in [2.24, 2.45) is 0 Å². The second-order valence-electron chi connectivity index (χ2n) is 5.54. The van der Waals surface area contributed by atoms with Gasteiger partial charge < -0.3 is 4.57 Å². The van der Waals surface area contributed by atoms with Gasteiger partial charge in [0.05, 0.1) is 17.9 Å². The number of halogens is 2. The highest BCUT2D eigenvalue weighted by molar-refractivity contribution is 6.30. The van der Waals surface area contributed by atoms with Crippen LogP contribution in [0.3, 0.4) is 0 Å². The Hall–Kier alpha value is -2.63. The fourth-order valence-electron chi connectivity index (χ4n) is 2.76. The lowest BCUT2D eigenvalue weighted by atomic mass is 10.2. The molecule has 4 rings (SSSR count). The maximum Gasteiger partial charge on any atom is 0.354 e. The summed E-state index contributed by atoms with van der Waals surface area (Å²) in [6, 6.07) is 14.5. The molecule has 124 valence electrons. The van der Waals surface area contributed by atoms with Gasteiger partial charge in [-0.2, -0.15) is 4.98 Å². The predicted molar refractivity (Wildman–Crippen MR) is 97.8 cm³/mol. The van der Waals surface area contributed by atoms with E-state index >= 15 is 0 Å². The number of fused-ring (bicyclic) bond motifs is 1. The van der Waals surface area contributed by atoms with Crippen molar-refractivity contribution in [1.82, 2.24) is 19.1 Å². The fraction of sp³-hybridized carbons (Fsp3) is 0.0556. The van der Waals surface area contributed by atoms with Gasteiger partial charge in [-0.25, -0.2) is 9.78 Å². The molecule has 0 bridgehead atoms. The molecule has 0 radical (unpaired) electrons. The molecule has 0 aliphatic carbocycles. The third-order valence-electron chi connectivity index (χ3n) is 3.86. The highest BCUT2D eigenvalue weighted by atomic mass is 35.5. The molecule has 2 aromatic rings. The molecule has 0 saturated carbocycles. The Labute approximate surface area is 153 Å². The van der Waals surface area contributed by atoms with Crippen LogP contribution in [0.1, 0.15) is 5.56 Å². The van der Waals surface area contributed by atoms with Crippen LogP contribution in [-0.2, 0) is 6.54 Å². The van der Waals surface area contributed by atoms with Crippen molar-refractivity contribution >= 4 is 23.2 Å². The lowest BCUT2D eigenvalue weighted by Crippen LogP contribution is -2.14. The molecule has 0 N–H and O–H groups in total. The maximum atomic E-state index is 12.5. The first kappa shape index (κ1) is 15.9. The van der Waals surface area contributed by atoms with E-state index in [1.165, 1.54) is 0 Å². The number of hydrogen-bond donors (Lipinski definition) is 0. The van der Waals surface area contributed by atoms with Crippen molar-refractivity contribution in [2.45, 2.75) is 6.54 Å². The minimum atomic E-state index is -0.341. The average molecular weight is 371 g/mol. The van der Waals surface area contributed by atoms with Gasteiger partial charge in [0.15, 0.2) is 5.82 Å². The summed E-state index contributed by atoms with van der Waals surface area (Å²) in [6.45, 7) is 0.535. The number of hydrogen-bond acceptors (Lipinski definition) is 3. The van der Waals surface area contributed by atoms with Crippen molar-refractivity contribution in [1.29, 1.82) is 0 Å². The standard InChI is InChI=1S/C18H12Cl2N4O/c19-13-3-1-4-14(9-13)24-15-5-2-8-23(17(15)22-18(24)25)11-12-6-7-16(20)21-10-12/h1-10H,11H2. The van der Waals surface area contributed by atoms with Gasteiger partial charge in [0.2, 0.25) is 0 Å².